The second-order valence-corrected chi connectivity index (χ2v) is 5.19. The number of aromatic nitrogens is 4. The largest absolute Gasteiger partial charge is 0.460 e. The van der Waals surface area contributed by atoms with E-state index in [0.29, 0.717) is 11.7 Å². The molecule has 22 heavy (non-hydrogen) atoms. The topological polar surface area (TPSA) is 89.9 Å². The minimum absolute atomic E-state index is 0.104. The van der Waals surface area contributed by atoms with Crippen molar-refractivity contribution in [3.63, 3.8) is 0 Å². The lowest BCUT2D eigenvalue weighted by Crippen LogP contribution is -2.40. The van der Waals surface area contributed by atoms with E-state index in [4.69, 9.17) is 4.74 Å². The summed E-state index contributed by atoms with van der Waals surface area (Å²) in [5, 5.41) is 2.99. The van der Waals surface area contributed by atoms with Gasteiger partial charge in [0, 0.05) is 30.8 Å². The van der Waals surface area contributed by atoms with Crippen LogP contribution in [-0.2, 0) is 0 Å². The van der Waals surface area contributed by atoms with Crippen molar-refractivity contribution in [3.8, 4) is 6.01 Å². The number of hydrogen-bond donors (Lipinski definition) is 1. The zero-order valence-electron chi connectivity index (χ0n) is 12.1. The molecule has 1 fully saturated rings. The van der Waals surface area contributed by atoms with Gasteiger partial charge >= 0.3 is 6.01 Å². The summed E-state index contributed by atoms with van der Waals surface area (Å²) in [6.45, 7) is 0. The summed E-state index contributed by atoms with van der Waals surface area (Å²) in [5.41, 5.74) is 0.346. The Morgan fingerprint density at radius 3 is 2.50 bits per heavy atom. The van der Waals surface area contributed by atoms with Crippen LogP contribution in [0.1, 0.15) is 36.2 Å². The lowest BCUT2D eigenvalue weighted by molar-refractivity contribution is 0.0880. The molecule has 0 saturated heterocycles. The van der Waals surface area contributed by atoms with E-state index in [1.807, 2.05) is 0 Å². The third-order valence-electron chi connectivity index (χ3n) is 3.62. The van der Waals surface area contributed by atoms with Crippen molar-refractivity contribution in [2.75, 3.05) is 0 Å². The van der Waals surface area contributed by atoms with E-state index in [1.165, 1.54) is 12.4 Å². The highest BCUT2D eigenvalue weighted by Crippen LogP contribution is 2.22. The monoisotopic (exact) mass is 299 g/mol. The first-order valence-corrected chi connectivity index (χ1v) is 7.32. The Kier molecular flexibility index (Phi) is 4.53. The smallest absolute Gasteiger partial charge is 0.316 e. The molecule has 1 saturated carbocycles. The number of rotatable bonds is 4. The third kappa shape index (κ3) is 3.75. The normalized spacial score (nSPS) is 21.1. The van der Waals surface area contributed by atoms with Gasteiger partial charge in [0.05, 0.1) is 6.20 Å². The fourth-order valence-corrected chi connectivity index (χ4v) is 2.50. The molecule has 0 aliphatic heterocycles. The Morgan fingerprint density at radius 2 is 1.82 bits per heavy atom. The minimum atomic E-state index is -0.177. The van der Waals surface area contributed by atoms with Crippen LogP contribution in [0.3, 0.4) is 0 Å². The summed E-state index contributed by atoms with van der Waals surface area (Å²) in [7, 11) is 0. The van der Waals surface area contributed by atoms with E-state index in [1.54, 1.807) is 24.7 Å². The van der Waals surface area contributed by atoms with Gasteiger partial charge in [-0.2, -0.15) is 0 Å². The minimum Gasteiger partial charge on any atom is -0.460 e. The zero-order valence-corrected chi connectivity index (χ0v) is 12.1. The van der Waals surface area contributed by atoms with Crippen LogP contribution in [0, 0.1) is 0 Å². The molecule has 0 radical (unpaired) electrons. The molecule has 1 amide bonds. The van der Waals surface area contributed by atoms with Crippen LogP contribution >= 0.6 is 0 Å². The van der Waals surface area contributed by atoms with E-state index in [9.17, 15) is 4.79 Å². The summed E-state index contributed by atoms with van der Waals surface area (Å²) < 4.78 is 5.74. The van der Waals surface area contributed by atoms with Crippen LogP contribution < -0.4 is 10.1 Å². The van der Waals surface area contributed by atoms with Crippen LogP contribution in [0.25, 0.3) is 0 Å². The second-order valence-electron chi connectivity index (χ2n) is 5.19. The molecule has 0 bridgehead atoms. The molecule has 2 aromatic rings. The molecule has 0 aromatic carbocycles. The molecule has 0 spiro atoms. The van der Waals surface area contributed by atoms with Crippen LogP contribution in [0.2, 0.25) is 0 Å². The van der Waals surface area contributed by atoms with E-state index < -0.39 is 0 Å². The van der Waals surface area contributed by atoms with Crippen molar-refractivity contribution < 1.29 is 9.53 Å². The standard InChI is InChI=1S/C15H17N5O2/c21-14(13-10-16-8-9-17-13)20-11-2-4-12(5-3-11)22-15-18-6-1-7-19-15/h1,6-12H,2-5H2,(H,20,21). The van der Waals surface area contributed by atoms with E-state index in [-0.39, 0.29) is 18.1 Å². The van der Waals surface area contributed by atoms with Crippen molar-refractivity contribution in [2.24, 2.45) is 0 Å². The van der Waals surface area contributed by atoms with Crippen molar-refractivity contribution >= 4 is 5.91 Å². The molecule has 2 heterocycles. The molecule has 1 aliphatic rings. The van der Waals surface area contributed by atoms with Gasteiger partial charge in [-0.15, -0.1) is 0 Å². The van der Waals surface area contributed by atoms with Gasteiger partial charge < -0.3 is 10.1 Å². The summed E-state index contributed by atoms with van der Waals surface area (Å²) in [6.07, 6.45) is 11.4. The number of ether oxygens (including phenoxy) is 1. The van der Waals surface area contributed by atoms with Crippen LogP contribution in [-0.4, -0.2) is 38.0 Å². The molecule has 1 aliphatic carbocycles. The van der Waals surface area contributed by atoms with E-state index in [0.717, 1.165) is 25.7 Å². The highest BCUT2D eigenvalue weighted by molar-refractivity contribution is 5.92. The number of nitrogens with one attached hydrogen (secondary N) is 1. The predicted octanol–water partition coefficient (Wildman–Crippen LogP) is 1.39. The van der Waals surface area contributed by atoms with Gasteiger partial charge in [0.25, 0.3) is 5.91 Å². The first kappa shape index (κ1) is 14.4. The van der Waals surface area contributed by atoms with Crippen LogP contribution in [0.4, 0.5) is 0 Å². The molecule has 7 heteroatoms. The Morgan fingerprint density at radius 1 is 1.05 bits per heavy atom. The number of amides is 1. The zero-order chi connectivity index (χ0) is 15.2. The third-order valence-corrected chi connectivity index (χ3v) is 3.62. The maximum Gasteiger partial charge on any atom is 0.316 e. The van der Waals surface area contributed by atoms with Gasteiger partial charge in [0.1, 0.15) is 11.8 Å². The molecule has 0 unspecified atom stereocenters. The van der Waals surface area contributed by atoms with Crippen molar-refractivity contribution in [1.29, 1.82) is 0 Å². The van der Waals surface area contributed by atoms with Crippen molar-refractivity contribution in [2.45, 2.75) is 37.8 Å². The van der Waals surface area contributed by atoms with Crippen molar-refractivity contribution in [1.82, 2.24) is 25.3 Å². The molecule has 1 N–H and O–H groups in total. The Hall–Kier alpha value is -2.57. The van der Waals surface area contributed by atoms with Crippen LogP contribution in [0.5, 0.6) is 6.01 Å². The first-order valence-electron chi connectivity index (χ1n) is 7.32. The number of carbonyl (C=O) groups excluding carboxylic acids is 1. The Balaban J connectivity index is 1.47. The molecule has 3 rings (SSSR count). The van der Waals surface area contributed by atoms with Gasteiger partial charge in [-0.3, -0.25) is 9.78 Å². The molecular formula is C15H17N5O2. The molecule has 114 valence electrons. The average Bonchev–Trinajstić information content (AvgIpc) is 2.58. The molecular weight excluding hydrogens is 282 g/mol. The fraction of sp³-hybridized carbons (Fsp3) is 0.400. The van der Waals surface area contributed by atoms with Gasteiger partial charge in [0.2, 0.25) is 0 Å². The highest BCUT2D eigenvalue weighted by Gasteiger charge is 2.24. The van der Waals surface area contributed by atoms with Crippen LogP contribution in [0.15, 0.2) is 37.1 Å². The summed E-state index contributed by atoms with van der Waals surface area (Å²) >= 11 is 0. The quantitative estimate of drug-likeness (QED) is 0.917. The molecule has 0 atom stereocenters. The summed E-state index contributed by atoms with van der Waals surface area (Å²) in [6, 6.07) is 2.31. The maximum atomic E-state index is 12.0. The Labute approximate surface area is 128 Å². The van der Waals surface area contributed by atoms with E-state index >= 15 is 0 Å². The van der Waals surface area contributed by atoms with Gasteiger partial charge in [-0.25, -0.2) is 15.0 Å². The van der Waals surface area contributed by atoms with Gasteiger partial charge in [-0.05, 0) is 31.7 Å². The Bertz CT molecular complexity index is 600. The number of hydrogen-bond acceptors (Lipinski definition) is 6. The average molecular weight is 299 g/mol. The molecule has 2 aromatic heterocycles. The highest BCUT2D eigenvalue weighted by atomic mass is 16.5. The summed E-state index contributed by atoms with van der Waals surface area (Å²) in [4.78, 5) is 28.0. The fourth-order valence-electron chi connectivity index (χ4n) is 2.50. The lowest BCUT2D eigenvalue weighted by atomic mass is 9.93. The number of carbonyl (C=O) groups is 1. The van der Waals surface area contributed by atoms with Gasteiger partial charge in [0.15, 0.2) is 0 Å². The number of nitrogens with zero attached hydrogens (tertiary/aromatic N) is 4. The van der Waals surface area contributed by atoms with Crippen molar-refractivity contribution in [3.05, 3.63) is 42.7 Å². The van der Waals surface area contributed by atoms with E-state index in [2.05, 4.69) is 25.3 Å². The lowest BCUT2D eigenvalue weighted by Gasteiger charge is -2.28. The second kappa shape index (κ2) is 6.93. The van der Waals surface area contributed by atoms with Gasteiger partial charge in [-0.1, -0.05) is 0 Å². The molecule has 7 nitrogen and oxygen atoms in total. The summed E-state index contributed by atoms with van der Waals surface area (Å²) in [5.74, 6) is -0.177. The predicted molar refractivity (Wildman–Crippen MR) is 78.2 cm³/mol. The first-order chi connectivity index (χ1) is 10.8. The maximum absolute atomic E-state index is 12.0. The SMILES string of the molecule is O=C(NC1CCC(Oc2ncccn2)CC1)c1cnccn1.